The van der Waals surface area contributed by atoms with Gasteiger partial charge in [-0.2, -0.15) is 5.26 Å². The van der Waals surface area contributed by atoms with E-state index < -0.39 is 31.3 Å². The molecule has 2 unspecified atom stereocenters. The highest BCUT2D eigenvalue weighted by atomic mass is 28.3. The van der Waals surface area contributed by atoms with Gasteiger partial charge in [0.2, 0.25) is 5.60 Å². The summed E-state index contributed by atoms with van der Waals surface area (Å²) in [4.78, 5) is 45.1. The minimum Gasteiger partial charge on any atom is -0.508 e. The van der Waals surface area contributed by atoms with Crippen molar-refractivity contribution in [3.8, 4) is 23.2 Å². The van der Waals surface area contributed by atoms with E-state index in [1.165, 1.54) is 0 Å². The van der Waals surface area contributed by atoms with Gasteiger partial charge in [-0.3, -0.25) is 9.59 Å². The molecule has 1 aromatic carbocycles. The summed E-state index contributed by atoms with van der Waals surface area (Å²) in [7, 11) is -2.35. The summed E-state index contributed by atoms with van der Waals surface area (Å²) in [5.41, 5.74) is 6.38. The number of esters is 2. The minimum atomic E-state index is -2.35. The molecule has 0 saturated carbocycles. The van der Waals surface area contributed by atoms with Gasteiger partial charge < -0.3 is 24.9 Å². The molecule has 3 N–H and O–H groups in total. The van der Waals surface area contributed by atoms with Crippen LogP contribution >= 0.6 is 0 Å². The number of nitrogens with zero attached hydrogens (tertiary/aromatic N) is 3. The Morgan fingerprint density at radius 3 is 2.82 bits per heavy atom. The summed E-state index contributed by atoms with van der Waals surface area (Å²) in [6.07, 6.45) is 1.05. The summed E-state index contributed by atoms with van der Waals surface area (Å²) in [5.74, 6) is -1.35. The van der Waals surface area contributed by atoms with E-state index in [9.17, 15) is 19.5 Å². The van der Waals surface area contributed by atoms with Crippen LogP contribution in [-0.4, -0.2) is 40.3 Å². The Morgan fingerprint density at radius 2 is 2.10 bits per heavy atom. The van der Waals surface area contributed by atoms with E-state index in [2.05, 4.69) is 6.07 Å². The molecule has 39 heavy (non-hydrogen) atoms. The first-order chi connectivity index (χ1) is 18.5. The molecule has 0 saturated heterocycles. The Balaban J connectivity index is 1.58. The Bertz CT molecular complexity index is 1630. The second-order valence-corrected chi connectivity index (χ2v) is 15.9. The number of fused-ring (bicyclic) bond motifs is 5. The number of phenols is 1. The average Bonchev–Trinajstić information content (AvgIpc) is 3.26. The zero-order valence-electron chi connectivity index (χ0n) is 22.1. The lowest BCUT2D eigenvalue weighted by Gasteiger charge is -2.37. The maximum absolute atomic E-state index is 13.7. The first kappa shape index (κ1) is 26.6. The second-order valence-electron chi connectivity index (χ2n) is 10.8. The van der Waals surface area contributed by atoms with Crippen LogP contribution in [0.25, 0.3) is 22.3 Å². The summed E-state index contributed by atoms with van der Waals surface area (Å²) >= 11 is 0. The minimum absolute atomic E-state index is 0.0495. The lowest BCUT2D eigenvalue weighted by molar-refractivity contribution is -0.189. The molecule has 2 atom stereocenters. The molecule has 3 aromatic rings. The molecule has 2 aromatic heterocycles. The van der Waals surface area contributed by atoms with E-state index in [4.69, 9.17) is 25.5 Å². The van der Waals surface area contributed by atoms with Crippen LogP contribution in [0.5, 0.6) is 5.75 Å². The van der Waals surface area contributed by atoms with Crippen molar-refractivity contribution in [3.63, 3.8) is 0 Å². The lowest BCUT2D eigenvalue weighted by Crippen LogP contribution is -2.57. The summed E-state index contributed by atoms with van der Waals surface area (Å²) in [6.45, 7) is 5.64. The number of pyridine rings is 2. The van der Waals surface area contributed by atoms with Crippen LogP contribution in [0.15, 0.2) is 35.1 Å². The number of hydrogen-bond acceptors (Lipinski definition) is 9. The molecule has 2 aliphatic rings. The van der Waals surface area contributed by atoms with Gasteiger partial charge in [-0.05, 0) is 43.2 Å². The van der Waals surface area contributed by atoms with Gasteiger partial charge in [0.15, 0.2) is 0 Å². The number of carbonyl (C=O) groups excluding carboxylic acids is 2. The van der Waals surface area contributed by atoms with Gasteiger partial charge in [0.25, 0.3) is 5.56 Å². The number of aromatic hydroxyl groups is 1. The number of cyclic esters (lactones) is 1. The van der Waals surface area contributed by atoms with Crippen molar-refractivity contribution in [1.82, 2.24) is 9.55 Å². The van der Waals surface area contributed by atoms with Crippen molar-refractivity contribution >= 4 is 30.9 Å². The fraction of sp³-hybridized carbons (Fsp3) is 0.393. The molecule has 0 bridgehead atoms. The van der Waals surface area contributed by atoms with Gasteiger partial charge in [-0.15, -0.1) is 0 Å². The number of rotatable bonds is 7. The fourth-order valence-electron chi connectivity index (χ4n) is 5.46. The number of hydrogen-bond donors (Lipinski definition) is 2. The number of phenolic OH excluding ortho intramolecular Hbond substituents is 1. The Hall–Kier alpha value is -4.01. The van der Waals surface area contributed by atoms with Crippen LogP contribution in [0, 0.1) is 11.3 Å². The molecule has 0 spiro atoms. The van der Waals surface area contributed by atoms with Crippen molar-refractivity contribution in [3.05, 3.63) is 57.4 Å². The summed E-state index contributed by atoms with van der Waals surface area (Å²) < 4.78 is 12.9. The maximum Gasteiger partial charge on any atom is 0.355 e. The Labute approximate surface area is 226 Å². The van der Waals surface area contributed by atoms with Gasteiger partial charge in [-0.1, -0.05) is 26.1 Å². The van der Waals surface area contributed by atoms with E-state index in [1.807, 2.05) is 19.2 Å². The quantitative estimate of drug-likeness (QED) is 0.202. The van der Waals surface area contributed by atoms with Crippen LogP contribution in [0.2, 0.25) is 19.1 Å². The van der Waals surface area contributed by atoms with Crippen LogP contribution in [0.1, 0.15) is 42.9 Å². The van der Waals surface area contributed by atoms with Crippen LogP contribution in [0.3, 0.4) is 0 Å². The maximum atomic E-state index is 13.7. The lowest BCUT2D eigenvalue weighted by atomic mass is 9.85. The summed E-state index contributed by atoms with van der Waals surface area (Å²) in [5, 5.41) is 19.5. The van der Waals surface area contributed by atoms with E-state index in [0.29, 0.717) is 41.4 Å². The van der Waals surface area contributed by atoms with E-state index in [1.54, 1.807) is 35.8 Å². The van der Waals surface area contributed by atoms with Gasteiger partial charge in [0.1, 0.15) is 12.4 Å². The number of carbonyl (C=O) groups is 2. The molecule has 4 heterocycles. The third kappa shape index (κ3) is 4.29. The molecule has 0 fully saturated rings. The first-order valence-electron chi connectivity index (χ1n) is 12.9. The molecule has 0 amide bonds. The van der Waals surface area contributed by atoms with Crippen molar-refractivity contribution in [2.75, 3.05) is 0 Å². The van der Waals surface area contributed by atoms with Crippen molar-refractivity contribution in [1.29, 1.82) is 5.26 Å². The number of aromatic nitrogens is 2. The molecule has 202 valence electrons. The van der Waals surface area contributed by atoms with E-state index in [0.717, 1.165) is 10.9 Å². The van der Waals surface area contributed by atoms with Crippen molar-refractivity contribution in [2.45, 2.75) is 69.7 Å². The predicted octanol–water partition coefficient (Wildman–Crippen LogP) is 3.21. The topological polar surface area (TPSA) is 158 Å². The third-order valence-electron chi connectivity index (χ3n) is 7.94. The molecular weight excluding hydrogens is 516 g/mol. The predicted molar refractivity (Wildman–Crippen MR) is 145 cm³/mol. The molecule has 0 aliphatic carbocycles. The van der Waals surface area contributed by atoms with Crippen molar-refractivity contribution in [2.24, 2.45) is 5.73 Å². The van der Waals surface area contributed by atoms with Gasteiger partial charge in [0, 0.05) is 22.9 Å². The van der Waals surface area contributed by atoms with Crippen molar-refractivity contribution < 1.29 is 24.2 Å². The zero-order chi connectivity index (χ0) is 28.1. The number of unbranched alkanes of at least 4 members (excludes halogenated alkanes) is 1. The molecule has 11 heteroatoms. The molecule has 5 rings (SSSR count). The zero-order valence-corrected chi connectivity index (χ0v) is 23.1. The van der Waals surface area contributed by atoms with E-state index in [-0.39, 0.29) is 36.4 Å². The monoisotopic (exact) mass is 546 g/mol. The molecule has 10 nitrogen and oxygen atoms in total. The highest BCUT2D eigenvalue weighted by Gasteiger charge is 2.52. The smallest absolute Gasteiger partial charge is 0.355 e. The SMILES string of the molecule is CCC1(OC(=O)C(N)[Si](C)(C)CCCC#N)C(=O)OCc2c1cc1n(c2=O)Cc2cc3cc(O)ccc3nc2-1. The number of ether oxygens (including phenoxy) is 2. The molecule has 2 aliphatic heterocycles. The van der Waals surface area contributed by atoms with E-state index >= 15 is 0 Å². The average molecular weight is 547 g/mol. The summed E-state index contributed by atoms with van der Waals surface area (Å²) in [6, 6.07) is 11.2. The van der Waals surface area contributed by atoms with Gasteiger partial charge in [0.05, 0.1) is 48.8 Å². The fourth-order valence-corrected chi connectivity index (χ4v) is 7.56. The molecule has 0 radical (unpaired) electrons. The Kier molecular flexibility index (Phi) is 6.56. The van der Waals surface area contributed by atoms with Crippen LogP contribution in [-0.2, 0) is 37.8 Å². The van der Waals surface area contributed by atoms with Gasteiger partial charge in [-0.25, -0.2) is 9.78 Å². The third-order valence-corrected chi connectivity index (χ3v) is 11.5. The normalized spacial score (nSPS) is 18.5. The highest BCUT2D eigenvalue weighted by molar-refractivity contribution is 6.81. The number of benzene rings is 1. The Morgan fingerprint density at radius 1 is 1.33 bits per heavy atom. The largest absolute Gasteiger partial charge is 0.508 e. The standard InChI is InChI=1S/C28H30N4O6Si/c1-4-28(38-26(35)24(30)39(2,3)10-6-5-9-29)20-13-22-23-17(11-16-12-18(33)7-8-21(16)31-23)14-32(22)25(34)19(20)15-37-27(28)36/h7-8,11-13,24,33H,4-6,10,14-15,30H2,1-3H3. The number of nitriles is 1. The number of nitrogens with two attached hydrogens (primary N) is 1. The van der Waals surface area contributed by atoms with Crippen LogP contribution in [0.4, 0.5) is 0 Å². The molecular formula is C28H30N4O6Si. The highest BCUT2D eigenvalue weighted by Crippen LogP contribution is 2.41. The first-order valence-corrected chi connectivity index (χ1v) is 16.2. The second kappa shape index (κ2) is 9.62. The van der Waals surface area contributed by atoms with Crippen LogP contribution < -0.4 is 11.3 Å². The van der Waals surface area contributed by atoms with Gasteiger partial charge >= 0.3 is 11.9 Å².